The highest BCUT2D eigenvalue weighted by molar-refractivity contribution is 5.69. The minimum Gasteiger partial charge on any atom is -0.461 e. The molecular formula is C28H50O2. The quantitative estimate of drug-likeness (QED) is 0.112. The standard InChI is InChI=1S/C28H50O2/c1-5-6-7-8-9-10-11-12-13-14-15-16-17-18-19-23-28(29)30-25-24-27(4)22-20-21-26(2)3/h12-13,21,24H,5-11,14-20,22-23,25H2,1-4H3. The molecule has 0 unspecified atom stereocenters. The number of hydrogen-bond donors (Lipinski definition) is 0. The van der Waals surface area contributed by atoms with E-state index in [1.807, 2.05) is 6.08 Å². The summed E-state index contributed by atoms with van der Waals surface area (Å²) >= 11 is 0. The largest absolute Gasteiger partial charge is 0.461 e. The lowest BCUT2D eigenvalue weighted by Gasteiger charge is -2.04. The van der Waals surface area contributed by atoms with Crippen LogP contribution in [-0.4, -0.2) is 12.6 Å². The van der Waals surface area contributed by atoms with Crippen LogP contribution in [0.1, 0.15) is 130 Å². The normalized spacial score (nSPS) is 11.8. The highest BCUT2D eigenvalue weighted by atomic mass is 16.5. The number of esters is 1. The van der Waals surface area contributed by atoms with Crippen LogP contribution in [0.5, 0.6) is 0 Å². The maximum Gasteiger partial charge on any atom is 0.306 e. The fourth-order valence-corrected chi connectivity index (χ4v) is 3.38. The Morgan fingerprint density at radius 1 is 0.667 bits per heavy atom. The Hall–Kier alpha value is -1.31. The fourth-order valence-electron chi connectivity index (χ4n) is 3.38. The Labute approximate surface area is 188 Å². The molecule has 0 fully saturated rings. The lowest BCUT2D eigenvalue weighted by molar-refractivity contribution is -0.142. The van der Waals surface area contributed by atoms with Crippen molar-refractivity contribution in [3.8, 4) is 0 Å². The Morgan fingerprint density at radius 3 is 1.83 bits per heavy atom. The van der Waals surface area contributed by atoms with Crippen LogP contribution in [0.15, 0.2) is 35.5 Å². The van der Waals surface area contributed by atoms with Gasteiger partial charge >= 0.3 is 5.97 Å². The van der Waals surface area contributed by atoms with Crippen molar-refractivity contribution >= 4 is 5.97 Å². The fraction of sp³-hybridized carbons (Fsp3) is 0.750. The SMILES string of the molecule is CCCCCCCCC=CCCCCCCCC(=O)OCC=C(C)CCC=C(C)C. The van der Waals surface area contributed by atoms with Crippen molar-refractivity contribution in [3.63, 3.8) is 0 Å². The van der Waals surface area contributed by atoms with Gasteiger partial charge in [-0.15, -0.1) is 0 Å². The zero-order valence-electron chi connectivity index (χ0n) is 20.6. The Bertz CT molecular complexity index is 481. The number of hydrogen-bond acceptors (Lipinski definition) is 2. The van der Waals surface area contributed by atoms with Crippen molar-refractivity contribution in [1.82, 2.24) is 0 Å². The van der Waals surface area contributed by atoms with Gasteiger partial charge in [-0.05, 0) is 71.8 Å². The zero-order valence-corrected chi connectivity index (χ0v) is 20.6. The first-order valence-electron chi connectivity index (χ1n) is 12.7. The van der Waals surface area contributed by atoms with Gasteiger partial charge in [0.25, 0.3) is 0 Å². The lowest BCUT2D eigenvalue weighted by atomic mass is 10.1. The first-order chi connectivity index (χ1) is 14.6. The molecule has 0 rings (SSSR count). The Kier molecular flexibility index (Phi) is 21.4. The monoisotopic (exact) mass is 418 g/mol. The van der Waals surface area contributed by atoms with Gasteiger partial charge in [0, 0.05) is 6.42 Å². The smallest absolute Gasteiger partial charge is 0.306 e. The van der Waals surface area contributed by atoms with E-state index in [0.717, 1.165) is 25.7 Å². The van der Waals surface area contributed by atoms with E-state index < -0.39 is 0 Å². The van der Waals surface area contributed by atoms with Gasteiger partial charge in [0.1, 0.15) is 6.61 Å². The third-order valence-corrected chi connectivity index (χ3v) is 5.41. The third-order valence-electron chi connectivity index (χ3n) is 5.41. The summed E-state index contributed by atoms with van der Waals surface area (Å²) in [5, 5.41) is 0. The molecule has 0 N–H and O–H groups in total. The van der Waals surface area contributed by atoms with Crippen LogP contribution in [0.2, 0.25) is 0 Å². The summed E-state index contributed by atoms with van der Waals surface area (Å²) in [5.41, 5.74) is 2.65. The summed E-state index contributed by atoms with van der Waals surface area (Å²) in [6.45, 7) is 9.04. The van der Waals surface area contributed by atoms with Crippen LogP contribution in [0.4, 0.5) is 0 Å². The molecule has 0 aliphatic rings. The van der Waals surface area contributed by atoms with Crippen molar-refractivity contribution < 1.29 is 9.53 Å². The Balaban J connectivity index is 3.42. The predicted molar refractivity (Wildman–Crippen MR) is 133 cm³/mol. The van der Waals surface area contributed by atoms with Crippen LogP contribution in [0.25, 0.3) is 0 Å². The van der Waals surface area contributed by atoms with Gasteiger partial charge < -0.3 is 4.74 Å². The second kappa shape index (κ2) is 22.4. The van der Waals surface area contributed by atoms with E-state index in [9.17, 15) is 4.79 Å². The minimum atomic E-state index is -0.0547. The lowest BCUT2D eigenvalue weighted by Crippen LogP contribution is -2.04. The molecule has 0 aliphatic carbocycles. The number of carbonyl (C=O) groups excluding carboxylic acids is 1. The predicted octanol–water partition coefficient (Wildman–Crippen LogP) is 9.26. The van der Waals surface area contributed by atoms with E-state index in [4.69, 9.17) is 4.74 Å². The van der Waals surface area contributed by atoms with Crippen LogP contribution in [0, 0.1) is 0 Å². The van der Waals surface area contributed by atoms with Crippen LogP contribution in [-0.2, 0) is 9.53 Å². The molecule has 0 spiro atoms. The van der Waals surface area contributed by atoms with Gasteiger partial charge in [0.05, 0.1) is 0 Å². The molecule has 30 heavy (non-hydrogen) atoms. The minimum absolute atomic E-state index is 0.0547. The summed E-state index contributed by atoms with van der Waals surface area (Å²) in [4.78, 5) is 11.8. The summed E-state index contributed by atoms with van der Waals surface area (Å²) in [7, 11) is 0. The zero-order chi connectivity index (χ0) is 22.3. The molecule has 2 nitrogen and oxygen atoms in total. The average Bonchev–Trinajstić information content (AvgIpc) is 2.70. The molecule has 0 heterocycles. The number of ether oxygens (including phenoxy) is 1. The highest BCUT2D eigenvalue weighted by Crippen LogP contribution is 2.11. The number of carbonyl (C=O) groups is 1. The van der Waals surface area contributed by atoms with Crippen molar-refractivity contribution in [2.24, 2.45) is 0 Å². The van der Waals surface area contributed by atoms with Crippen molar-refractivity contribution in [2.45, 2.75) is 130 Å². The Morgan fingerprint density at radius 2 is 1.23 bits per heavy atom. The first kappa shape index (κ1) is 28.7. The summed E-state index contributed by atoms with van der Waals surface area (Å²) < 4.78 is 5.32. The van der Waals surface area contributed by atoms with Crippen molar-refractivity contribution in [2.75, 3.05) is 6.61 Å². The number of rotatable bonds is 20. The van der Waals surface area contributed by atoms with Gasteiger partial charge in [0.15, 0.2) is 0 Å². The molecule has 2 heteroatoms. The molecule has 0 aromatic carbocycles. The molecule has 0 saturated heterocycles. The van der Waals surface area contributed by atoms with Crippen molar-refractivity contribution in [1.29, 1.82) is 0 Å². The first-order valence-corrected chi connectivity index (χ1v) is 12.7. The van der Waals surface area contributed by atoms with Crippen molar-refractivity contribution in [3.05, 3.63) is 35.5 Å². The molecule has 0 amide bonds. The van der Waals surface area contributed by atoms with E-state index in [1.165, 1.54) is 81.8 Å². The maximum absolute atomic E-state index is 11.8. The maximum atomic E-state index is 11.8. The van der Waals surface area contributed by atoms with Gasteiger partial charge in [-0.3, -0.25) is 4.79 Å². The van der Waals surface area contributed by atoms with Crippen LogP contribution >= 0.6 is 0 Å². The molecule has 174 valence electrons. The summed E-state index contributed by atoms with van der Waals surface area (Å²) in [6.07, 6.45) is 28.3. The number of allylic oxidation sites excluding steroid dienone is 5. The molecular weight excluding hydrogens is 368 g/mol. The number of unbranched alkanes of at least 4 members (excludes halogenated alkanes) is 11. The van der Waals surface area contributed by atoms with Crippen LogP contribution in [0.3, 0.4) is 0 Å². The molecule has 0 aromatic rings. The highest BCUT2D eigenvalue weighted by Gasteiger charge is 2.01. The molecule has 0 saturated carbocycles. The van der Waals surface area contributed by atoms with Crippen LogP contribution < -0.4 is 0 Å². The molecule has 0 aromatic heterocycles. The summed E-state index contributed by atoms with van der Waals surface area (Å²) in [5.74, 6) is -0.0547. The molecule has 0 radical (unpaired) electrons. The van der Waals surface area contributed by atoms with Gasteiger partial charge in [0.2, 0.25) is 0 Å². The third kappa shape index (κ3) is 23.0. The molecule has 0 atom stereocenters. The van der Waals surface area contributed by atoms with E-state index >= 15 is 0 Å². The average molecular weight is 419 g/mol. The van der Waals surface area contributed by atoms with Gasteiger partial charge in [-0.1, -0.05) is 87.7 Å². The van der Waals surface area contributed by atoms with E-state index in [1.54, 1.807) is 0 Å². The molecule has 0 aliphatic heterocycles. The van der Waals surface area contributed by atoms with E-state index in [-0.39, 0.29) is 5.97 Å². The topological polar surface area (TPSA) is 26.3 Å². The molecule has 0 bridgehead atoms. The van der Waals surface area contributed by atoms with Gasteiger partial charge in [-0.2, -0.15) is 0 Å². The second-order valence-electron chi connectivity index (χ2n) is 8.89. The summed E-state index contributed by atoms with van der Waals surface area (Å²) in [6, 6.07) is 0. The van der Waals surface area contributed by atoms with E-state index in [2.05, 4.69) is 45.9 Å². The van der Waals surface area contributed by atoms with E-state index in [0.29, 0.717) is 13.0 Å². The second-order valence-corrected chi connectivity index (χ2v) is 8.89. The van der Waals surface area contributed by atoms with Gasteiger partial charge in [-0.25, -0.2) is 0 Å².